The summed E-state index contributed by atoms with van der Waals surface area (Å²) in [5.74, 6) is 0.0534. The minimum atomic E-state index is 0.0534. The van der Waals surface area contributed by atoms with Crippen LogP contribution in [0.3, 0.4) is 0 Å². The van der Waals surface area contributed by atoms with Gasteiger partial charge >= 0.3 is 0 Å². The molecule has 2 heterocycles. The van der Waals surface area contributed by atoms with E-state index in [4.69, 9.17) is 5.11 Å². The molecule has 0 aliphatic carbocycles. The fraction of sp³-hybridized carbons (Fsp3) is 0.474. The molecule has 1 atom stereocenters. The molecular weight excluding hydrogens is 320 g/mol. The maximum absolute atomic E-state index is 12.7. The Morgan fingerprint density at radius 3 is 2.92 bits per heavy atom. The van der Waals surface area contributed by atoms with Crippen LogP contribution in [0.1, 0.15) is 46.7 Å². The summed E-state index contributed by atoms with van der Waals surface area (Å²) in [4.78, 5) is 19.2. The van der Waals surface area contributed by atoms with Gasteiger partial charge in [0.15, 0.2) is 0 Å². The molecule has 1 aromatic heterocycles. The summed E-state index contributed by atoms with van der Waals surface area (Å²) >= 11 is 1.58. The number of carbonyl (C=O) groups is 1. The largest absolute Gasteiger partial charge is 0.396 e. The number of amides is 1. The Kier molecular flexibility index (Phi) is 5.99. The van der Waals surface area contributed by atoms with Gasteiger partial charge in [-0.05, 0) is 37.7 Å². The van der Waals surface area contributed by atoms with Gasteiger partial charge in [-0.25, -0.2) is 4.98 Å². The molecule has 0 radical (unpaired) electrons. The molecule has 0 saturated carbocycles. The van der Waals surface area contributed by atoms with Crippen molar-refractivity contribution in [3.05, 3.63) is 52.0 Å². The van der Waals surface area contributed by atoms with Crippen LogP contribution in [0.15, 0.2) is 35.7 Å². The van der Waals surface area contributed by atoms with E-state index in [1.807, 2.05) is 28.5 Å². The monoisotopic (exact) mass is 344 g/mol. The summed E-state index contributed by atoms with van der Waals surface area (Å²) < 4.78 is 0. The predicted molar refractivity (Wildman–Crippen MR) is 96.3 cm³/mol. The van der Waals surface area contributed by atoms with Crippen LogP contribution in [-0.2, 0) is 12.8 Å². The van der Waals surface area contributed by atoms with E-state index in [0.29, 0.717) is 5.69 Å². The highest BCUT2D eigenvalue weighted by Crippen LogP contribution is 2.24. The molecule has 2 aromatic rings. The Labute approximate surface area is 147 Å². The first-order valence-electron chi connectivity index (χ1n) is 8.68. The van der Waals surface area contributed by atoms with Crippen molar-refractivity contribution >= 4 is 17.2 Å². The van der Waals surface area contributed by atoms with Crippen molar-refractivity contribution in [2.75, 3.05) is 13.2 Å². The molecule has 0 bridgehead atoms. The van der Waals surface area contributed by atoms with Crippen LogP contribution in [0.2, 0.25) is 0 Å². The van der Waals surface area contributed by atoms with Crippen LogP contribution < -0.4 is 0 Å². The lowest BCUT2D eigenvalue weighted by Gasteiger charge is -2.23. The van der Waals surface area contributed by atoms with E-state index in [2.05, 4.69) is 17.1 Å². The highest BCUT2D eigenvalue weighted by Gasteiger charge is 2.30. The molecular formula is C19H24N2O2S. The number of thiazole rings is 1. The lowest BCUT2D eigenvalue weighted by Crippen LogP contribution is -2.35. The first-order valence-corrected chi connectivity index (χ1v) is 9.56. The lowest BCUT2D eigenvalue weighted by molar-refractivity contribution is 0.0719. The second-order valence-corrected chi connectivity index (χ2v) is 7.22. The van der Waals surface area contributed by atoms with Crippen LogP contribution in [0.4, 0.5) is 0 Å². The molecule has 24 heavy (non-hydrogen) atoms. The average Bonchev–Trinajstić information content (AvgIpc) is 3.28. The summed E-state index contributed by atoms with van der Waals surface area (Å²) in [6, 6.07) is 10.6. The molecule has 1 unspecified atom stereocenters. The number of hydrogen-bond acceptors (Lipinski definition) is 4. The third-order valence-electron chi connectivity index (χ3n) is 4.57. The van der Waals surface area contributed by atoms with E-state index in [9.17, 15) is 4.79 Å². The maximum atomic E-state index is 12.7. The van der Waals surface area contributed by atoms with Gasteiger partial charge in [0.05, 0.1) is 5.01 Å². The number of aryl methyl sites for hydroxylation is 2. The van der Waals surface area contributed by atoms with Crippen molar-refractivity contribution < 1.29 is 9.90 Å². The Balaban J connectivity index is 1.59. The van der Waals surface area contributed by atoms with Gasteiger partial charge in [0, 0.05) is 31.0 Å². The summed E-state index contributed by atoms with van der Waals surface area (Å²) in [5.41, 5.74) is 1.88. The topological polar surface area (TPSA) is 53.4 Å². The summed E-state index contributed by atoms with van der Waals surface area (Å²) in [5, 5.41) is 11.9. The lowest BCUT2D eigenvalue weighted by atomic mass is 10.1. The number of hydrogen-bond donors (Lipinski definition) is 1. The highest BCUT2D eigenvalue weighted by molar-refractivity contribution is 7.09. The van der Waals surface area contributed by atoms with E-state index >= 15 is 0 Å². The van der Waals surface area contributed by atoms with E-state index in [-0.39, 0.29) is 18.6 Å². The fourth-order valence-corrected chi connectivity index (χ4v) is 4.07. The molecule has 3 rings (SSSR count). The zero-order valence-electron chi connectivity index (χ0n) is 13.9. The van der Waals surface area contributed by atoms with Gasteiger partial charge in [0.1, 0.15) is 5.69 Å². The molecule has 1 N–H and O–H groups in total. The number of likely N-dealkylation sites (tertiary alicyclic amines) is 1. The van der Waals surface area contributed by atoms with Crippen LogP contribution >= 0.6 is 11.3 Å². The van der Waals surface area contributed by atoms with Gasteiger partial charge in [0.25, 0.3) is 5.91 Å². The molecule has 1 amide bonds. The number of rotatable bonds is 7. The summed E-state index contributed by atoms with van der Waals surface area (Å²) in [7, 11) is 0. The summed E-state index contributed by atoms with van der Waals surface area (Å²) in [6.45, 7) is 1.00. The van der Waals surface area contributed by atoms with Crippen molar-refractivity contribution in [1.82, 2.24) is 9.88 Å². The SMILES string of the molecule is O=C(c1csc(CCc2ccccc2)n1)N1CCCC1CCCO. The Bertz CT molecular complexity index is 656. The second kappa shape index (κ2) is 8.40. The van der Waals surface area contributed by atoms with E-state index in [0.717, 1.165) is 50.1 Å². The molecule has 1 aliphatic rings. The molecule has 1 aromatic carbocycles. The Hall–Kier alpha value is -1.72. The Morgan fingerprint density at radius 1 is 1.29 bits per heavy atom. The zero-order chi connectivity index (χ0) is 16.8. The third kappa shape index (κ3) is 4.22. The van der Waals surface area contributed by atoms with Gasteiger partial charge in [-0.1, -0.05) is 30.3 Å². The number of nitrogens with zero attached hydrogens (tertiary/aromatic N) is 2. The minimum Gasteiger partial charge on any atom is -0.396 e. The van der Waals surface area contributed by atoms with Crippen LogP contribution in [-0.4, -0.2) is 40.1 Å². The minimum absolute atomic E-state index is 0.0534. The van der Waals surface area contributed by atoms with E-state index in [1.54, 1.807) is 11.3 Å². The summed E-state index contributed by atoms with van der Waals surface area (Å²) in [6.07, 6.45) is 5.55. The molecule has 1 aliphatic heterocycles. The molecule has 4 nitrogen and oxygen atoms in total. The number of aliphatic hydroxyl groups excluding tert-OH is 1. The normalized spacial score (nSPS) is 17.4. The average molecular weight is 344 g/mol. The first kappa shape index (κ1) is 17.1. The fourth-order valence-electron chi connectivity index (χ4n) is 3.30. The van der Waals surface area contributed by atoms with Crippen molar-refractivity contribution in [2.45, 2.75) is 44.6 Å². The van der Waals surface area contributed by atoms with Gasteiger partial charge in [-0.2, -0.15) is 0 Å². The third-order valence-corrected chi connectivity index (χ3v) is 5.48. The zero-order valence-corrected chi connectivity index (χ0v) is 14.7. The first-order chi connectivity index (χ1) is 11.8. The van der Waals surface area contributed by atoms with Crippen LogP contribution in [0, 0.1) is 0 Å². The smallest absolute Gasteiger partial charge is 0.273 e. The molecule has 5 heteroatoms. The quantitative estimate of drug-likeness (QED) is 0.838. The van der Waals surface area contributed by atoms with Crippen LogP contribution in [0.25, 0.3) is 0 Å². The Morgan fingerprint density at radius 2 is 2.12 bits per heavy atom. The van der Waals surface area contributed by atoms with Crippen molar-refractivity contribution in [3.8, 4) is 0 Å². The molecule has 0 spiro atoms. The van der Waals surface area contributed by atoms with E-state index in [1.165, 1.54) is 5.56 Å². The maximum Gasteiger partial charge on any atom is 0.273 e. The molecule has 128 valence electrons. The molecule has 1 fully saturated rings. The van der Waals surface area contributed by atoms with Gasteiger partial charge in [-0.3, -0.25) is 4.79 Å². The highest BCUT2D eigenvalue weighted by atomic mass is 32.1. The second-order valence-electron chi connectivity index (χ2n) is 6.27. The number of carbonyl (C=O) groups excluding carboxylic acids is 1. The number of aliphatic hydroxyl groups is 1. The number of benzene rings is 1. The number of aromatic nitrogens is 1. The molecule has 1 saturated heterocycles. The van der Waals surface area contributed by atoms with Gasteiger partial charge < -0.3 is 10.0 Å². The predicted octanol–water partition coefficient (Wildman–Crippen LogP) is 3.31. The van der Waals surface area contributed by atoms with Crippen molar-refractivity contribution in [1.29, 1.82) is 0 Å². The van der Waals surface area contributed by atoms with Crippen molar-refractivity contribution in [3.63, 3.8) is 0 Å². The van der Waals surface area contributed by atoms with Gasteiger partial charge in [0.2, 0.25) is 0 Å². The van der Waals surface area contributed by atoms with Gasteiger partial charge in [-0.15, -0.1) is 11.3 Å². The standard InChI is InChI=1S/C19H24N2O2S/c22-13-5-9-16-8-4-12-21(16)19(23)17-14-24-18(20-17)11-10-15-6-2-1-3-7-15/h1-3,6-7,14,16,22H,4-5,8-13H2. The van der Waals surface area contributed by atoms with E-state index < -0.39 is 0 Å². The van der Waals surface area contributed by atoms with Crippen molar-refractivity contribution in [2.24, 2.45) is 0 Å². The van der Waals surface area contributed by atoms with Crippen LogP contribution in [0.5, 0.6) is 0 Å².